The number of hydrogen-bond donors (Lipinski definition) is 1. The lowest BCUT2D eigenvalue weighted by atomic mass is 10.1. The fraction of sp³-hybridized carbons (Fsp3) is 0.556. The van der Waals surface area contributed by atoms with Gasteiger partial charge in [0.25, 0.3) is 0 Å². The van der Waals surface area contributed by atoms with Crippen LogP contribution >= 0.6 is 11.3 Å². The summed E-state index contributed by atoms with van der Waals surface area (Å²) in [7, 11) is 0. The van der Waals surface area contributed by atoms with Crippen LogP contribution < -0.4 is 5.32 Å². The first-order valence-corrected chi connectivity index (χ1v) is 10.0. The van der Waals surface area contributed by atoms with Gasteiger partial charge < -0.3 is 10.2 Å². The molecule has 2 aromatic heterocycles. The second-order valence-corrected chi connectivity index (χ2v) is 7.72. The van der Waals surface area contributed by atoms with Crippen LogP contribution in [-0.4, -0.2) is 51.8 Å². The summed E-state index contributed by atoms with van der Waals surface area (Å²) >= 11 is 1.75. The number of fused-ring (bicyclic) bond motifs is 1. The Morgan fingerprint density at radius 3 is 3.00 bits per heavy atom. The summed E-state index contributed by atoms with van der Waals surface area (Å²) in [5.41, 5.74) is 2.64. The maximum Gasteiger partial charge on any atom is 0.317 e. The van der Waals surface area contributed by atoms with Gasteiger partial charge in [0.2, 0.25) is 0 Å². The summed E-state index contributed by atoms with van der Waals surface area (Å²) in [5, 5.41) is 12.0. The number of carbonyl (C=O) groups is 1. The highest BCUT2D eigenvalue weighted by atomic mass is 32.1. The Morgan fingerprint density at radius 2 is 2.20 bits per heavy atom. The lowest BCUT2D eigenvalue weighted by Gasteiger charge is -2.34. The molecule has 6 nitrogen and oxygen atoms in total. The highest BCUT2D eigenvalue weighted by molar-refractivity contribution is 7.07. The Morgan fingerprint density at radius 1 is 1.32 bits per heavy atom. The minimum atomic E-state index is 0.0872. The zero-order valence-electron chi connectivity index (χ0n) is 14.4. The minimum absolute atomic E-state index is 0.0872. The first kappa shape index (κ1) is 16.6. The maximum absolute atomic E-state index is 12.1. The number of carbonyl (C=O) groups excluding carboxylic acids is 1. The van der Waals surface area contributed by atoms with E-state index in [2.05, 4.69) is 42.9 Å². The van der Waals surface area contributed by atoms with Crippen LogP contribution in [0.15, 0.2) is 29.1 Å². The molecule has 2 aromatic rings. The fourth-order valence-corrected chi connectivity index (χ4v) is 4.48. The Hall–Kier alpha value is -1.86. The topological polar surface area (TPSA) is 53.4 Å². The van der Waals surface area contributed by atoms with Crippen molar-refractivity contribution in [2.24, 2.45) is 0 Å². The largest absolute Gasteiger partial charge is 0.338 e. The average Bonchev–Trinajstić information content (AvgIpc) is 3.36. The molecule has 4 rings (SSSR count). The molecule has 2 aliphatic heterocycles. The van der Waals surface area contributed by atoms with E-state index in [-0.39, 0.29) is 6.03 Å². The zero-order valence-corrected chi connectivity index (χ0v) is 15.2. The molecule has 1 N–H and O–H groups in total. The molecule has 134 valence electrons. The third-order valence-electron chi connectivity index (χ3n) is 5.09. The predicted molar refractivity (Wildman–Crippen MR) is 98.5 cm³/mol. The van der Waals surface area contributed by atoms with Gasteiger partial charge in [0, 0.05) is 45.5 Å². The molecule has 0 bridgehead atoms. The number of hydrogen-bond acceptors (Lipinski definition) is 4. The highest BCUT2D eigenvalue weighted by Gasteiger charge is 2.26. The molecule has 2 aliphatic rings. The SMILES string of the molecule is O=C(NCC[C@@H]1CN(Cc2ccsc2)Cc2ccnn21)N1CCCC1. The van der Waals surface area contributed by atoms with Crippen LogP contribution in [0.5, 0.6) is 0 Å². The smallest absolute Gasteiger partial charge is 0.317 e. The Bertz CT molecular complexity index is 692. The van der Waals surface area contributed by atoms with Crippen molar-refractivity contribution in [2.75, 3.05) is 26.2 Å². The molecule has 0 aliphatic carbocycles. The van der Waals surface area contributed by atoms with Crippen molar-refractivity contribution in [2.45, 2.75) is 38.4 Å². The van der Waals surface area contributed by atoms with Crippen molar-refractivity contribution in [3.63, 3.8) is 0 Å². The van der Waals surface area contributed by atoms with Crippen LogP contribution in [-0.2, 0) is 13.1 Å². The summed E-state index contributed by atoms with van der Waals surface area (Å²) in [4.78, 5) is 16.5. The molecule has 0 radical (unpaired) electrons. The number of rotatable bonds is 5. The van der Waals surface area contributed by atoms with Gasteiger partial charge in [-0.05, 0) is 47.7 Å². The lowest BCUT2D eigenvalue weighted by molar-refractivity contribution is 0.160. The third kappa shape index (κ3) is 3.88. The van der Waals surface area contributed by atoms with Gasteiger partial charge in [-0.2, -0.15) is 16.4 Å². The van der Waals surface area contributed by atoms with Gasteiger partial charge in [0.15, 0.2) is 0 Å². The highest BCUT2D eigenvalue weighted by Crippen LogP contribution is 2.24. The first-order valence-electron chi connectivity index (χ1n) is 9.08. The first-order chi connectivity index (χ1) is 12.3. The minimum Gasteiger partial charge on any atom is -0.338 e. The molecular weight excluding hydrogens is 334 g/mol. The molecular formula is C18H25N5OS. The van der Waals surface area contributed by atoms with Gasteiger partial charge in [-0.1, -0.05) is 0 Å². The molecule has 0 saturated carbocycles. The quantitative estimate of drug-likeness (QED) is 0.893. The normalized spacial score (nSPS) is 20.6. The fourth-order valence-electron chi connectivity index (χ4n) is 3.82. The number of urea groups is 1. The van der Waals surface area contributed by atoms with Crippen molar-refractivity contribution in [3.05, 3.63) is 40.3 Å². The standard InChI is InChI=1S/C18H25N5OS/c24-18(22-8-1-2-9-22)19-6-3-16-12-21(11-15-5-10-25-14-15)13-17-4-7-20-23(16)17/h4-5,7,10,14,16H,1-3,6,8-9,11-13H2,(H,19,24)/t16-/m1/s1. The van der Waals surface area contributed by atoms with E-state index < -0.39 is 0 Å². The summed E-state index contributed by atoms with van der Waals surface area (Å²) in [6, 6.07) is 4.71. The van der Waals surface area contributed by atoms with E-state index in [1.807, 2.05) is 11.1 Å². The maximum atomic E-state index is 12.1. The van der Waals surface area contributed by atoms with Crippen molar-refractivity contribution < 1.29 is 4.79 Å². The molecule has 0 aromatic carbocycles. The van der Waals surface area contributed by atoms with Crippen molar-refractivity contribution >= 4 is 17.4 Å². The predicted octanol–water partition coefficient (Wildman–Crippen LogP) is 2.70. The van der Waals surface area contributed by atoms with Crippen LogP contribution in [0.4, 0.5) is 4.79 Å². The van der Waals surface area contributed by atoms with E-state index in [0.29, 0.717) is 12.6 Å². The van der Waals surface area contributed by atoms with Crippen LogP contribution in [0.2, 0.25) is 0 Å². The Kier molecular flexibility index (Phi) is 5.03. The molecule has 1 atom stereocenters. The monoisotopic (exact) mass is 359 g/mol. The van der Waals surface area contributed by atoms with Gasteiger partial charge in [-0.25, -0.2) is 4.79 Å². The Labute approximate surface area is 152 Å². The van der Waals surface area contributed by atoms with Gasteiger partial charge in [-0.15, -0.1) is 0 Å². The van der Waals surface area contributed by atoms with Crippen molar-refractivity contribution in [1.82, 2.24) is 24.9 Å². The van der Waals surface area contributed by atoms with Crippen LogP contribution in [0.25, 0.3) is 0 Å². The van der Waals surface area contributed by atoms with Crippen molar-refractivity contribution in [3.8, 4) is 0 Å². The van der Waals surface area contributed by atoms with E-state index in [1.165, 1.54) is 11.3 Å². The van der Waals surface area contributed by atoms with Crippen LogP contribution in [0.3, 0.4) is 0 Å². The molecule has 1 fully saturated rings. The second-order valence-electron chi connectivity index (χ2n) is 6.94. The summed E-state index contributed by atoms with van der Waals surface area (Å²) < 4.78 is 2.14. The summed E-state index contributed by atoms with van der Waals surface area (Å²) in [5.74, 6) is 0. The Balaban J connectivity index is 1.34. The molecule has 1 saturated heterocycles. The zero-order chi connectivity index (χ0) is 17.1. The van der Waals surface area contributed by atoms with Gasteiger partial charge >= 0.3 is 6.03 Å². The van der Waals surface area contributed by atoms with E-state index in [9.17, 15) is 4.79 Å². The summed E-state index contributed by atoms with van der Waals surface area (Å²) in [6.07, 6.45) is 5.06. The number of thiophene rings is 1. The number of likely N-dealkylation sites (tertiary alicyclic amines) is 1. The van der Waals surface area contributed by atoms with E-state index >= 15 is 0 Å². The number of amides is 2. The number of aromatic nitrogens is 2. The summed E-state index contributed by atoms with van der Waals surface area (Å²) in [6.45, 7) is 5.38. The molecule has 2 amide bonds. The molecule has 0 spiro atoms. The lowest BCUT2D eigenvalue weighted by Crippen LogP contribution is -2.41. The van der Waals surface area contributed by atoms with Gasteiger partial charge in [-0.3, -0.25) is 9.58 Å². The van der Waals surface area contributed by atoms with Crippen molar-refractivity contribution in [1.29, 1.82) is 0 Å². The van der Waals surface area contributed by atoms with E-state index in [0.717, 1.165) is 52.0 Å². The van der Waals surface area contributed by atoms with Gasteiger partial charge in [0.1, 0.15) is 0 Å². The third-order valence-corrected chi connectivity index (χ3v) is 5.82. The average molecular weight is 359 g/mol. The number of nitrogens with zero attached hydrogens (tertiary/aromatic N) is 4. The van der Waals surface area contributed by atoms with E-state index in [4.69, 9.17) is 0 Å². The number of nitrogens with one attached hydrogen (secondary N) is 1. The van der Waals surface area contributed by atoms with Gasteiger partial charge in [0.05, 0.1) is 11.7 Å². The second kappa shape index (κ2) is 7.58. The molecule has 25 heavy (non-hydrogen) atoms. The molecule has 0 unspecified atom stereocenters. The van der Waals surface area contributed by atoms with E-state index in [1.54, 1.807) is 11.3 Å². The van der Waals surface area contributed by atoms with Crippen LogP contribution in [0, 0.1) is 0 Å². The molecule has 4 heterocycles. The molecule has 7 heteroatoms. The van der Waals surface area contributed by atoms with Crippen LogP contribution in [0.1, 0.15) is 36.6 Å².